The van der Waals surface area contributed by atoms with Crippen LogP contribution in [0.25, 0.3) is 153 Å². The van der Waals surface area contributed by atoms with Crippen LogP contribution in [0.5, 0.6) is 23.0 Å². The zero-order valence-corrected chi connectivity index (χ0v) is 51.8. The van der Waals surface area contributed by atoms with Gasteiger partial charge in [-0.05, 0) is 133 Å². The third-order valence-electron chi connectivity index (χ3n) is 17.6. The van der Waals surface area contributed by atoms with E-state index < -0.39 is 15.6 Å². The molecule has 0 radical (unpaired) electrons. The van der Waals surface area contributed by atoms with Crippen LogP contribution in [0, 0.1) is 0 Å². The van der Waals surface area contributed by atoms with Crippen molar-refractivity contribution in [2.24, 2.45) is 0 Å². The normalized spacial score (nSPS) is 13.5. The van der Waals surface area contributed by atoms with Crippen molar-refractivity contribution in [1.82, 2.24) is 0 Å². The van der Waals surface area contributed by atoms with Crippen molar-refractivity contribution in [2.75, 3.05) is 0 Å². The van der Waals surface area contributed by atoms with Crippen molar-refractivity contribution in [3.63, 3.8) is 0 Å². The van der Waals surface area contributed by atoms with Crippen molar-refractivity contribution in [1.29, 1.82) is 0 Å². The summed E-state index contributed by atoms with van der Waals surface area (Å²) in [6.45, 7) is 0. The SMILES string of the molecule is O=P1([O-])Oc2c(c(-c3ccccc3)cc3ccc4ccccc4c23)-c2c(-c3ccccc3)cc3ccc4ccccc4c3c2O1.O=P1([O-])Oc2c(c(-c3ccccc3)cc3ccc4ccccc4c23)-c2c(-c3ccccc3)cc3ccc4ccccc4c3c2O1.[Mg+2]. The van der Waals surface area contributed by atoms with Gasteiger partial charge in [-0.1, -0.05) is 267 Å². The van der Waals surface area contributed by atoms with Crippen LogP contribution in [-0.4, -0.2) is 23.1 Å². The fourth-order valence-corrected chi connectivity index (χ4v) is 15.5. The number of fused-ring (bicyclic) bond motifs is 22. The van der Waals surface area contributed by atoms with Gasteiger partial charge < -0.3 is 27.9 Å². The molecule has 428 valence electrons. The van der Waals surface area contributed by atoms with E-state index in [1.54, 1.807) is 0 Å². The number of benzene rings is 16. The summed E-state index contributed by atoms with van der Waals surface area (Å²) >= 11 is 0. The summed E-state index contributed by atoms with van der Waals surface area (Å²) in [5.41, 5.74) is 9.93. The Morgan fingerprint density at radius 2 is 0.418 bits per heavy atom. The summed E-state index contributed by atoms with van der Waals surface area (Å²) in [6, 6.07) is 97.1. The second kappa shape index (κ2) is 22.2. The van der Waals surface area contributed by atoms with Crippen LogP contribution in [0.3, 0.4) is 0 Å². The zero-order valence-electron chi connectivity index (χ0n) is 48.6. The number of rotatable bonds is 4. The smallest absolute Gasteiger partial charge is 0.736 e. The Morgan fingerprint density at radius 1 is 0.231 bits per heavy atom. The van der Waals surface area contributed by atoms with E-state index in [0.29, 0.717) is 22.3 Å². The fraction of sp³-hybridized carbons (Fsp3) is 0. The molecule has 0 bridgehead atoms. The third kappa shape index (κ3) is 9.51. The van der Waals surface area contributed by atoms with Gasteiger partial charge in [0.05, 0.1) is 0 Å². The molecular formula is C80H48MgO8P2. The van der Waals surface area contributed by atoms with Gasteiger partial charge in [0.2, 0.25) is 0 Å². The molecule has 0 aliphatic carbocycles. The molecule has 0 saturated carbocycles. The van der Waals surface area contributed by atoms with Crippen molar-refractivity contribution >= 4 is 125 Å². The molecule has 16 aromatic rings. The molecule has 91 heavy (non-hydrogen) atoms. The van der Waals surface area contributed by atoms with Gasteiger partial charge in [-0.25, -0.2) is 9.13 Å². The molecule has 2 aliphatic heterocycles. The summed E-state index contributed by atoms with van der Waals surface area (Å²) in [6.07, 6.45) is 0. The van der Waals surface area contributed by atoms with Gasteiger partial charge in [0.15, 0.2) is 0 Å². The van der Waals surface area contributed by atoms with Gasteiger partial charge in [-0.3, -0.25) is 0 Å². The minimum atomic E-state index is -4.93. The molecule has 16 aromatic carbocycles. The Balaban J connectivity index is 0.000000144. The molecule has 18 rings (SSSR count). The number of hydrogen-bond donors (Lipinski definition) is 0. The maximum atomic E-state index is 14.0. The monoisotopic (exact) mass is 1220 g/mol. The Labute approximate surface area is 539 Å². The van der Waals surface area contributed by atoms with Crippen LogP contribution in [0.2, 0.25) is 0 Å². The molecule has 0 spiro atoms. The minimum Gasteiger partial charge on any atom is -0.736 e. The van der Waals surface area contributed by atoms with Crippen molar-refractivity contribution in [3.05, 3.63) is 291 Å². The van der Waals surface area contributed by atoms with E-state index in [1.807, 2.05) is 243 Å². The summed E-state index contributed by atoms with van der Waals surface area (Å²) in [5.74, 6) is 1.10. The van der Waals surface area contributed by atoms with Gasteiger partial charge >= 0.3 is 38.7 Å². The number of phosphoric ester groups is 2. The Bertz CT molecular complexity index is 5060. The Hall–Kier alpha value is -10.1. The first kappa shape index (κ1) is 56.2. The second-order valence-corrected chi connectivity index (χ2v) is 25.3. The standard InChI is InChI=1S/2C40H25O4P.Mg/c2*41-45(42)43-39-35-29(21-19-27-15-7-9-17-31(27)35)23-33(25-11-3-1-4-12-25)37(39)38-34(26-13-5-2-6-14-26)24-30-22-20-28-16-8-10-18-32(28)36(30)40(38)44-45;/h2*1-24H,(H,41,42);/q;;+2/p-2. The van der Waals surface area contributed by atoms with Crippen LogP contribution in [-0.2, 0) is 9.13 Å². The van der Waals surface area contributed by atoms with Crippen LogP contribution in [0.15, 0.2) is 291 Å². The van der Waals surface area contributed by atoms with Gasteiger partial charge in [0, 0.05) is 43.8 Å². The quantitative estimate of drug-likeness (QED) is 0.0972. The number of phosphoric acid groups is 2. The molecule has 8 nitrogen and oxygen atoms in total. The molecule has 0 aromatic heterocycles. The van der Waals surface area contributed by atoms with Crippen molar-refractivity contribution < 1.29 is 37.0 Å². The summed E-state index contributed by atoms with van der Waals surface area (Å²) in [5, 5.41) is 14.0. The largest absolute Gasteiger partial charge is 2.00 e. The van der Waals surface area contributed by atoms with Gasteiger partial charge in [0.25, 0.3) is 0 Å². The van der Waals surface area contributed by atoms with Crippen molar-refractivity contribution in [2.45, 2.75) is 0 Å². The van der Waals surface area contributed by atoms with Crippen LogP contribution in [0.4, 0.5) is 0 Å². The average molecular weight is 1220 g/mol. The summed E-state index contributed by atoms with van der Waals surface area (Å²) < 4.78 is 52.6. The van der Waals surface area contributed by atoms with E-state index in [-0.39, 0.29) is 46.1 Å². The zero-order chi connectivity index (χ0) is 60.2. The predicted octanol–water partition coefficient (Wildman–Crippen LogP) is 20.7. The van der Waals surface area contributed by atoms with E-state index in [2.05, 4.69) is 48.5 Å². The molecule has 2 aliphatic rings. The van der Waals surface area contributed by atoms with Gasteiger partial charge in [-0.15, -0.1) is 0 Å². The molecular weight excluding hydrogens is 1180 g/mol. The predicted molar refractivity (Wildman–Crippen MR) is 369 cm³/mol. The molecule has 0 fully saturated rings. The average Bonchev–Trinajstić information content (AvgIpc) is 1.70. The Kier molecular flexibility index (Phi) is 13.7. The topological polar surface area (TPSA) is 117 Å². The van der Waals surface area contributed by atoms with Crippen LogP contribution in [0.1, 0.15) is 0 Å². The molecule has 0 atom stereocenters. The molecule has 0 amide bonds. The van der Waals surface area contributed by atoms with E-state index in [0.717, 1.165) is 131 Å². The van der Waals surface area contributed by atoms with E-state index in [1.165, 1.54) is 0 Å². The first-order valence-corrected chi connectivity index (χ1v) is 32.6. The summed E-state index contributed by atoms with van der Waals surface area (Å²) in [7, 11) is -9.86. The summed E-state index contributed by atoms with van der Waals surface area (Å²) in [4.78, 5) is 28.1. The second-order valence-electron chi connectivity index (χ2n) is 22.8. The molecule has 0 saturated heterocycles. The molecule has 0 N–H and O–H groups in total. The van der Waals surface area contributed by atoms with E-state index in [4.69, 9.17) is 18.1 Å². The molecule has 2 heterocycles. The first-order chi connectivity index (χ1) is 44.1. The maximum Gasteiger partial charge on any atom is 2.00 e. The van der Waals surface area contributed by atoms with Crippen LogP contribution < -0.4 is 27.9 Å². The maximum absolute atomic E-state index is 14.0. The first-order valence-electron chi connectivity index (χ1n) is 29.7. The van der Waals surface area contributed by atoms with E-state index >= 15 is 0 Å². The minimum absolute atomic E-state index is 0. The van der Waals surface area contributed by atoms with E-state index in [9.17, 15) is 18.9 Å². The van der Waals surface area contributed by atoms with Gasteiger partial charge in [-0.2, -0.15) is 0 Å². The Morgan fingerprint density at radius 3 is 0.637 bits per heavy atom. The van der Waals surface area contributed by atoms with Crippen molar-refractivity contribution in [3.8, 4) is 89.8 Å². The van der Waals surface area contributed by atoms with Crippen LogP contribution >= 0.6 is 15.6 Å². The molecule has 0 unspecified atom stereocenters. The fourth-order valence-electron chi connectivity index (χ4n) is 13.8. The number of hydrogen-bond acceptors (Lipinski definition) is 8. The van der Waals surface area contributed by atoms with Gasteiger partial charge in [0.1, 0.15) is 23.0 Å². The molecule has 11 heteroatoms. The third-order valence-corrected chi connectivity index (χ3v) is 19.2.